The molecule has 0 amide bonds. The van der Waals surface area contributed by atoms with Crippen molar-refractivity contribution in [3.05, 3.63) is 17.0 Å². The number of aromatic carboxylic acids is 1. The van der Waals surface area contributed by atoms with Crippen LogP contribution in [0, 0.1) is 0 Å². The monoisotopic (exact) mass is 225 g/mol. The molecule has 4 heteroatoms. The van der Waals surface area contributed by atoms with Crippen molar-refractivity contribution in [1.82, 2.24) is 5.16 Å². The lowest BCUT2D eigenvalue weighted by Gasteiger charge is -2.06. The summed E-state index contributed by atoms with van der Waals surface area (Å²) in [5.41, 5.74) is 0.876. The van der Waals surface area contributed by atoms with Gasteiger partial charge in [-0.05, 0) is 12.8 Å². The van der Waals surface area contributed by atoms with Crippen LogP contribution in [0.25, 0.3) is 0 Å². The van der Waals surface area contributed by atoms with Crippen molar-refractivity contribution < 1.29 is 14.4 Å². The minimum absolute atomic E-state index is 0.144. The van der Waals surface area contributed by atoms with Crippen molar-refractivity contribution in [1.29, 1.82) is 0 Å². The van der Waals surface area contributed by atoms with Crippen LogP contribution >= 0.6 is 0 Å². The fraction of sp³-hybridized carbons (Fsp3) is 0.667. The maximum atomic E-state index is 11.2. The second kappa shape index (κ2) is 5.68. The van der Waals surface area contributed by atoms with Gasteiger partial charge in [-0.25, -0.2) is 4.79 Å². The van der Waals surface area contributed by atoms with Gasteiger partial charge in [-0.2, -0.15) is 0 Å². The summed E-state index contributed by atoms with van der Waals surface area (Å²) >= 11 is 0. The van der Waals surface area contributed by atoms with Crippen molar-refractivity contribution in [3.63, 3.8) is 0 Å². The third-order valence-electron chi connectivity index (χ3n) is 2.67. The van der Waals surface area contributed by atoms with Gasteiger partial charge in [0.25, 0.3) is 0 Å². The third kappa shape index (κ3) is 2.62. The van der Waals surface area contributed by atoms with Gasteiger partial charge in [0.1, 0.15) is 11.3 Å². The number of hydrogen-bond donors (Lipinski definition) is 1. The molecule has 0 aromatic carbocycles. The lowest BCUT2D eigenvalue weighted by Crippen LogP contribution is -2.06. The highest BCUT2D eigenvalue weighted by atomic mass is 16.5. The average molecular weight is 225 g/mol. The van der Waals surface area contributed by atoms with Gasteiger partial charge >= 0.3 is 5.97 Å². The Bertz CT molecular complexity index is 357. The maximum Gasteiger partial charge on any atom is 0.341 e. The Balaban J connectivity index is 3.04. The number of rotatable bonds is 6. The number of hydrogen-bond acceptors (Lipinski definition) is 3. The highest BCUT2D eigenvalue weighted by Crippen LogP contribution is 2.26. The predicted molar refractivity (Wildman–Crippen MR) is 60.8 cm³/mol. The van der Waals surface area contributed by atoms with E-state index in [2.05, 4.69) is 12.1 Å². The lowest BCUT2D eigenvalue weighted by molar-refractivity contribution is 0.0693. The van der Waals surface area contributed by atoms with E-state index < -0.39 is 5.97 Å². The van der Waals surface area contributed by atoms with E-state index in [1.165, 1.54) is 0 Å². The number of aryl methyl sites for hydroxylation is 1. The summed E-state index contributed by atoms with van der Waals surface area (Å²) < 4.78 is 5.13. The van der Waals surface area contributed by atoms with Crippen LogP contribution < -0.4 is 0 Å². The molecular weight excluding hydrogens is 206 g/mol. The molecule has 0 aliphatic carbocycles. The van der Waals surface area contributed by atoms with E-state index in [1.54, 1.807) is 0 Å². The first-order chi connectivity index (χ1) is 7.61. The molecule has 0 spiro atoms. The van der Waals surface area contributed by atoms with Gasteiger partial charge in [0, 0.05) is 12.3 Å². The molecule has 1 unspecified atom stereocenters. The van der Waals surface area contributed by atoms with Gasteiger partial charge in [-0.15, -0.1) is 0 Å². The van der Waals surface area contributed by atoms with E-state index in [0.717, 1.165) is 19.3 Å². The van der Waals surface area contributed by atoms with Gasteiger partial charge in [-0.3, -0.25) is 0 Å². The zero-order chi connectivity index (χ0) is 12.1. The minimum Gasteiger partial charge on any atom is -0.477 e. The summed E-state index contributed by atoms with van der Waals surface area (Å²) in [6.45, 7) is 6.05. The standard InChI is InChI=1S/C12H19NO3/c1-4-6-8(3)11-10(12(14)15)9(7-5-2)16-13-11/h8H,4-7H2,1-3H3,(H,14,15). The van der Waals surface area contributed by atoms with Crippen LogP contribution in [0.3, 0.4) is 0 Å². The molecule has 0 saturated heterocycles. The fourth-order valence-corrected chi connectivity index (χ4v) is 1.87. The molecule has 0 saturated carbocycles. The summed E-state index contributed by atoms with van der Waals surface area (Å²) in [4.78, 5) is 11.2. The Morgan fingerprint density at radius 1 is 1.44 bits per heavy atom. The molecule has 4 nitrogen and oxygen atoms in total. The summed E-state index contributed by atoms with van der Waals surface area (Å²) in [5.74, 6) is -0.277. The number of carboxylic acid groups (broad SMARTS) is 1. The third-order valence-corrected chi connectivity index (χ3v) is 2.67. The molecule has 1 rings (SSSR count). The Hall–Kier alpha value is -1.32. The van der Waals surface area contributed by atoms with Crippen molar-refractivity contribution in [2.45, 2.75) is 52.4 Å². The fourth-order valence-electron chi connectivity index (χ4n) is 1.87. The quantitative estimate of drug-likeness (QED) is 0.807. The number of carboxylic acids is 1. The van der Waals surface area contributed by atoms with E-state index in [4.69, 9.17) is 4.52 Å². The largest absolute Gasteiger partial charge is 0.477 e. The Morgan fingerprint density at radius 3 is 2.62 bits per heavy atom. The Kier molecular flexibility index (Phi) is 4.52. The van der Waals surface area contributed by atoms with Crippen LogP contribution in [0.5, 0.6) is 0 Å². The summed E-state index contributed by atoms with van der Waals surface area (Å²) in [6.07, 6.45) is 3.43. The number of carbonyl (C=O) groups is 1. The van der Waals surface area contributed by atoms with Gasteiger partial charge < -0.3 is 9.63 Å². The molecule has 1 N–H and O–H groups in total. The smallest absolute Gasteiger partial charge is 0.341 e. The van der Waals surface area contributed by atoms with Crippen LogP contribution in [0.2, 0.25) is 0 Å². The summed E-state index contributed by atoms with van der Waals surface area (Å²) in [6, 6.07) is 0. The zero-order valence-corrected chi connectivity index (χ0v) is 10.1. The summed E-state index contributed by atoms with van der Waals surface area (Å²) in [7, 11) is 0. The second-order valence-electron chi connectivity index (χ2n) is 4.11. The SMILES string of the molecule is CCCc1onc(C(C)CCC)c1C(=O)O. The Labute approximate surface area is 95.6 Å². The molecular formula is C12H19NO3. The minimum atomic E-state index is -0.928. The van der Waals surface area contributed by atoms with Crippen LogP contribution in [-0.4, -0.2) is 16.2 Å². The van der Waals surface area contributed by atoms with Crippen LogP contribution in [0.15, 0.2) is 4.52 Å². The summed E-state index contributed by atoms with van der Waals surface area (Å²) in [5, 5.41) is 13.1. The average Bonchev–Trinajstić information content (AvgIpc) is 2.62. The topological polar surface area (TPSA) is 63.3 Å². The van der Waals surface area contributed by atoms with E-state index >= 15 is 0 Å². The molecule has 1 heterocycles. The van der Waals surface area contributed by atoms with Crippen LogP contribution in [0.1, 0.15) is 67.8 Å². The molecule has 0 radical (unpaired) electrons. The first-order valence-corrected chi connectivity index (χ1v) is 5.83. The molecule has 90 valence electrons. The van der Waals surface area contributed by atoms with E-state index in [-0.39, 0.29) is 11.5 Å². The van der Waals surface area contributed by atoms with Gasteiger partial charge in [0.15, 0.2) is 5.76 Å². The normalized spacial score (nSPS) is 12.7. The molecule has 0 bridgehead atoms. The van der Waals surface area contributed by atoms with E-state index in [0.29, 0.717) is 17.9 Å². The highest BCUT2D eigenvalue weighted by molar-refractivity contribution is 5.90. The molecule has 1 aromatic heterocycles. The maximum absolute atomic E-state index is 11.2. The molecule has 1 aromatic rings. The van der Waals surface area contributed by atoms with Crippen molar-refractivity contribution >= 4 is 5.97 Å². The van der Waals surface area contributed by atoms with Crippen LogP contribution in [-0.2, 0) is 6.42 Å². The van der Waals surface area contributed by atoms with Crippen LogP contribution in [0.4, 0.5) is 0 Å². The molecule has 0 fully saturated rings. The Morgan fingerprint density at radius 2 is 2.12 bits per heavy atom. The first-order valence-electron chi connectivity index (χ1n) is 5.83. The van der Waals surface area contributed by atoms with Crippen molar-refractivity contribution in [3.8, 4) is 0 Å². The second-order valence-corrected chi connectivity index (χ2v) is 4.11. The highest BCUT2D eigenvalue weighted by Gasteiger charge is 2.24. The molecule has 16 heavy (non-hydrogen) atoms. The van der Waals surface area contributed by atoms with Gasteiger partial charge in [0.05, 0.1) is 0 Å². The molecule has 0 aliphatic rings. The molecule has 0 aliphatic heterocycles. The lowest BCUT2D eigenvalue weighted by atomic mass is 9.97. The van der Waals surface area contributed by atoms with Crippen molar-refractivity contribution in [2.75, 3.05) is 0 Å². The van der Waals surface area contributed by atoms with E-state index in [9.17, 15) is 9.90 Å². The first kappa shape index (κ1) is 12.7. The van der Waals surface area contributed by atoms with Crippen molar-refractivity contribution in [2.24, 2.45) is 0 Å². The zero-order valence-electron chi connectivity index (χ0n) is 10.1. The predicted octanol–water partition coefficient (Wildman–Crippen LogP) is 3.23. The number of nitrogens with zero attached hydrogens (tertiary/aromatic N) is 1. The van der Waals surface area contributed by atoms with Gasteiger partial charge in [0.2, 0.25) is 0 Å². The van der Waals surface area contributed by atoms with Gasteiger partial charge in [-0.1, -0.05) is 32.3 Å². The van der Waals surface area contributed by atoms with E-state index in [1.807, 2.05) is 13.8 Å². The number of aromatic nitrogens is 1. The molecule has 1 atom stereocenters.